The second kappa shape index (κ2) is 5.65. The van der Waals surface area contributed by atoms with Crippen LogP contribution in [-0.2, 0) is 9.59 Å². The van der Waals surface area contributed by atoms with E-state index in [1.54, 1.807) is 7.05 Å². The standard InChI is InChI=1S/C9H15N3O2S/c1-10-9(15)12-5-3-2-4-7(8(12)14)11-6-13/h6-7H,2-5H2,1H3,(H,10,15)(H,11,13)/t7-/m0/s1. The second-order valence-electron chi connectivity index (χ2n) is 3.38. The first-order valence-corrected chi connectivity index (χ1v) is 5.34. The molecular formula is C9H15N3O2S. The van der Waals surface area contributed by atoms with E-state index in [0.717, 1.165) is 12.8 Å². The molecule has 1 heterocycles. The van der Waals surface area contributed by atoms with E-state index in [4.69, 9.17) is 12.2 Å². The zero-order valence-electron chi connectivity index (χ0n) is 8.66. The molecule has 1 aliphatic rings. The summed E-state index contributed by atoms with van der Waals surface area (Å²) in [6.07, 6.45) is 3.07. The van der Waals surface area contributed by atoms with Crippen LogP contribution >= 0.6 is 12.2 Å². The molecule has 84 valence electrons. The van der Waals surface area contributed by atoms with E-state index in [1.807, 2.05) is 0 Å². The number of nitrogens with one attached hydrogen (secondary N) is 2. The van der Waals surface area contributed by atoms with Gasteiger partial charge in [-0.15, -0.1) is 0 Å². The quantitative estimate of drug-likeness (QED) is 0.500. The van der Waals surface area contributed by atoms with Gasteiger partial charge in [0.25, 0.3) is 5.91 Å². The number of hydrogen-bond acceptors (Lipinski definition) is 3. The average molecular weight is 229 g/mol. The van der Waals surface area contributed by atoms with E-state index < -0.39 is 6.04 Å². The maximum atomic E-state index is 11.9. The fourth-order valence-electron chi connectivity index (χ4n) is 1.61. The van der Waals surface area contributed by atoms with Gasteiger partial charge in [-0.25, -0.2) is 0 Å². The molecule has 5 nitrogen and oxygen atoms in total. The van der Waals surface area contributed by atoms with Crippen LogP contribution in [0.25, 0.3) is 0 Å². The maximum Gasteiger partial charge on any atom is 0.251 e. The fraction of sp³-hybridized carbons (Fsp3) is 0.667. The summed E-state index contributed by atoms with van der Waals surface area (Å²) >= 11 is 5.03. The molecule has 1 rings (SSSR count). The van der Waals surface area contributed by atoms with Gasteiger partial charge in [0.1, 0.15) is 6.04 Å². The highest BCUT2D eigenvalue weighted by Gasteiger charge is 2.28. The lowest BCUT2D eigenvalue weighted by molar-refractivity contribution is -0.130. The van der Waals surface area contributed by atoms with E-state index >= 15 is 0 Å². The number of thiocarbonyl (C=S) groups is 1. The van der Waals surface area contributed by atoms with Gasteiger partial charge in [-0.2, -0.15) is 0 Å². The van der Waals surface area contributed by atoms with Crippen molar-refractivity contribution in [3.63, 3.8) is 0 Å². The molecule has 6 heteroatoms. The van der Waals surface area contributed by atoms with Gasteiger partial charge in [0, 0.05) is 13.6 Å². The highest BCUT2D eigenvalue weighted by molar-refractivity contribution is 7.80. The molecule has 0 bridgehead atoms. The summed E-state index contributed by atoms with van der Waals surface area (Å²) in [7, 11) is 1.68. The third-order valence-electron chi connectivity index (χ3n) is 2.42. The molecule has 2 N–H and O–H groups in total. The number of carbonyl (C=O) groups is 2. The van der Waals surface area contributed by atoms with Gasteiger partial charge in [-0.1, -0.05) is 0 Å². The lowest BCUT2D eigenvalue weighted by Crippen LogP contribution is -2.49. The van der Waals surface area contributed by atoms with E-state index in [9.17, 15) is 9.59 Å². The van der Waals surface area contributed by atoms with Crippen LogP contribution in [0.15, 0.2) is 0 Å². The summed E-state index contributed by atoms with van der Waals surface area (Å²) in [6, 6.07) is -0.434. The Labute approximate surface area is 94.2 Å². The third kappa shape index (κ3) is 2.89. The molecule has 1 fully saturated rings. The van der Waals surface area contributed by atoms with Gasteiger partial charge < -0.3 is 10.6 Å². The van der Waals surface area contributed by atoms with E-state index in [-0.39, 0.29) is 5.91 Å². The topological polar surface area (TPSA) is 61.4 Å². The van der Waals surface area contributed by atoms with Crippen molar-refractivity contribution in [2.24, 2.45) is 0 Å². The summed E-state index contributed by atoms with van der Waals surface area (Å²) in [5, 5.41) is 5.72. The first-order valence-electron chi connectivity index (χ1n) is 4.93. The minimum Gasteiger partial charge on any atom is -0.365 e. The molecule has 0 aromatic rings. The normalized spacial score (nSPS) is 21.8. The van der Waals surface area contributed by atoms with Crippen molar-refractivity contribution in [3.05, 3.63) is 0 Å². The molecule has 15 heavy (non-hydrogen) atoms. The lowest BCUT2D eigenvalue weighted by atomic mass is 10.1. The van der Waals surface area contributed by atoms with Gasteiger partial charge in [0.2, 0.25) is 6.41 Å². The van der Waals surface area contributed by atoms with Crippen molar-refractivity contribution in [1.29, 1.82) is 0 Å². The molecule has 0 radical (unpaired) electrons. The number of nitrogens with zero attached hydrogens (tertiary/aromatic N) is 1. The van der Waals surface area contributed by atoms with Gasteiger partial charge in [0.05, 0.1) is 0 Å². The van der Waals surface area contributed by atoms with Crippen LogP contribution in [0.2, 0.25) is 0 Å². The monoisotopic (exact) mass is 229 g/mol. The van der Waals surface area contributed by atoms with Crippen LogP contribution in [0, 0.1) is 0 Å². The van der Waals surface area contributed by atoms with Crippen molar-refractivity contribution in [1.82, 2.24) is 15.5 Å². The van der Waals surface area contributed by atoms with Crippen LogP contribution in [-0.4, -0.2) is 42.0 Å². The van der Waals surface area contributed by atoms with E-state index in [0.29, 0.717) is 24.5 Å². The fourth-order valence-corrected chi connectivity index (χ4v) is 1.79. The predicted octanol–water partition coefficient (Wildman–Crippen LogP) is -0.382. The minimum absolute atomic E-state index is 0.126. The van der Waals surface area contributed by atoms with Gasteiger partial charge >= 0.3 is 0 Å². The molecule has 0 aromatic heterocycles. The number of rotatable bonds is 2. The highest BCUT2D eigenvalue weighted by Crippen LogP contribution is 2.12. The van der Waals surface area contributed by atoms with Crippen LogP contribution in [0.1, 0.15) is 19.3 Å². The number of carbonyl (C=O) groups excluding carboxylic acids is 2. The lowest BCUT2D eigenvalue weighted by Gasteiger charge is -2.23. The minimum atomic E-state index is -0.434. The molecule has 0 unspecified atom stereocenters. The van der Waals surface area contributed by atoms with Gasteiger partial charge in [-0.3, -0.25) is 14.5 Å². The summed E-state index contributed by atoms with van der Waals surface area (Å²) in [4.78, 5) is 23.8. The molecule has 0 aromatic carbocycles. The van der Waals surface area contributed by atoms with E-state index in [2.05, 4.69) is 10.6 Å². The summed E-state index contributed by atoms with van der Waals surface area (Å²) in [6.45, 7) is 0.621. The molecule has 0 spiro atoms. The molecule has 1 saturated heterocycles. The largest absolute Gasteiger partial charge is 0.365 e. The van der Waals surface area contributed by atoms with Crippen molar-refractivity contribution < 1.29 is 9.59 Å². The molecular weight excluding hydrogens is 214 g/mol. The highest BCUT2D eigenvalue weighted by atomic mass is 32.1. The summed E-state index contributed by atoms with van der Waals surface area (Å²) < 4.78 is 0. The van der Waals surface area contributed by atoms with Crippen molar-refractivity contribution >= 4 is 29.6 Å². The zero-order valence-corrected chi connectivity index (χ0v) is 9.47. The first kappa shape index (κ1) is 11.9. The Bertz CT molecular complexity index is 270. The average Bonchev–Trinajstić information content (AvgIpc) is 2.42. The van der Waals surface area contributed by atoms with Crippen LogP contribution in [0.5, 0.6) is 0 Å². The Morgan fingerprint density at radius 3 is 2.93 bits per heavy atom. The summed E-state index contributed by atoms with van der Waals surface area (Å²) in [5.41, 5.74) is 0. The smallest absolute Gasteiger partial charge is 0.251 e. The van der Waals surface area contributed by atoms with Crippen LogP contribution in [0.3, 0.4) is 0 Å². The van der Waals surface area contributed by atoms with Gasteiger partial charge in [-0.05, 0) is 31.5 Å². The Hall–Kier alpha value is -1.17. The Kier molecular flexibility index (Phi) is 4.48. The molecule has 0 aliphatic carbocycles. The zero-order chi connectivity index (χ0) is 11.3. The second-order valence-corrected chi connectivity index (χ2v) is 3.76. The maximum absolute atomic E-state index is 11.9. The van der Waals surface area contributed by atoms with Crippen molar-refractivity contribution in [2.45, 2.75) is 25.3 Å². The SMILES string of the molecule is CNC(=S)N1CCCC[C@H](NC=O)C1=O. The molecule has 2 amide bonds. The van der Waals surface area contributed by atoms with Crippen LogP contribution in [0.4, 0.5) is 0 Å². The Morgan fingerprint density at radius 1 is 1.60 bits per heavy atom. The third-order valence-corrected chi connectivity index (χ3v) is 2.84. The molecule has 0 saturated carbocycles. The molecule has 1 aliphatic heterocycles. The predicted molar refractivity (Wildman–Crippen MR) is 60.2 cm³/mol. The number of hydrogen-bond donors (Lipinski definition) is 2. The molecule has 1 atom stereocenters. The van der Waals surface area contributed by atoms with Gasteiger partial charge in [0.15, 0.2) is 5.11 Å². The van der Waals surface area contributed by atoms with Crippen molar-refractivity contribution in [3.8, 4) is 0 Å². The number of amides is 2. The Balaban J connectivity index is 2.74. The first-order chi connectivity index (χ1) is 7.20. The van der Waals surface area contributed by atoms with Crippen molar-refractivity contribution in [2.75, 3.05) is 13.6 Å². The summed E-state index contributed by atoms with van der Waals surface area (Å²) in [5.74, 6) is -0.126. The van der Waals surface area contributed by atoms with Crippen LogP contribution < -0.4 is 10.6 Å². The number of likely N-dealkylation sites (tertiary alicyclic amines) is 1. The Morgan fingerprint density at radius 2 is 2.33 bits per heavy atom. The van der Waals surface area contributed by atoms with E-state index in [1.165, 1.54) is 4.90 Å².